The average Bonchev–Trinajstić information content (AvgIpc) is 3.99. The van der Waals surface area contributed by atoms with E-state index < -0.39 is 82.6 Å². The van der Waals surface area contributed by atoms with Gasteiger partial charge in [0.05, 0.1) is 54.3 Å². The summed E-state index contributed by atoms with van der Waals surface area (Å²) in [5.74, 6) is 5.50. The standard InChI is InChI=1S/C55H76N2O10/c1-27-10-11-30-20-31-12-13-35-34(37-26-67-51(64)45(37)33-15-17-56-24-33)9-7-8-32-22-55(66)47-38(52(4)23-42(61)41(60)21-39(52)49(63)48(47)57-40(25-58)29(3)59)14-16-53(55,5)50(32)54(6,65)43(62)19-28(2)44(31)46(35)36(30)18-27/h15,17,20,24,27-28,31-32,34-46,50,56-58,60-62,65-66H,8,10-14,16,18-19,21-23,25-26H2,1-6H3/t27-,28-,31-,32+,34+,35-,36-,37-,38+,39+,40+,41-,42+,43-,44-,45-,46+,50+,52-,53-,54+,55-/m1/s1. The number of aromatic amines is 1. The fraction of sp³-hybridized carbons (Fsp3) is 0.764. The van der Waals surface area contributed by atoms with Gasteiger partial charge in [-0.05, 0) is 160 Å². The van der Waals surface area contributed by atoms with E-state index in [1.54, 1.807) is 12.5 Å². The van der Waals surface area contributed by atoms with Gasteiger partial charge in [0.25, 0.3) is 0 Å². The lowest BCUT2D eigenvalue weighted by Gasteiger charge is -2.61. The van der Waals surface area contributed by atoms with Crippen LogP contribution in [0.15, 0.2) is 41.4 Å². The summed E-state index contributed by atoms with van der Waals surface area (Å²) in [6.45, 7) is 11.4. The van der Waals surface area contributed by atoms with Gasteiger partial charge in [0, 0.05) is 47.9 Å². The molecule has 1 aliphatic heterocycles. The second kappa shape index (κ2) is 16.9. The highest BCUT2D eigenvalue weighted by molar-refractivity contribution is 6.00. The molecular weight excluding hydrogens is 849 g/mol. The van der Waals surface area contributed by atoms with Crippen LogP contribution >= 0.6 is 0 Å². The molecule has 1 aromatic heterocycles. The van der Waals surface area contributed by atoms with Gasteiger partial charge in [-0.2, -0.15) is 0 Å². The summed E-state index contributed by atoms with van der Waals surface area (Å²) in [7, 11) is 0. The molecule has 10 rings (SSSR count). The molecule has 0 amide bonds. The van der Waals surface area contributed by atoms with Crippen molar-refractivity contribution in [3.05, 3.63) is 46.9 Å². The molecule has 4 bridgehead atoms. The molecule has 1 aromatic rings. The minimum atomic E-state index is -1.74. The van der Waals surface area contributed by atoms with Gasteiger partial charge >= 0.3 is 5.97 Å². The second-order valence-corrected chi connectivity index (χ2v) is 24.3. The molecule has 366 valence electrons. The number of hydrogen-bond acceptors (Lipinski definition) is 11. The van der Waals surface area contributed by atoms with Gasteiger partial charge in [-0.25, -0.2) is 0 Å². The summed E-state index contributed by atoms with van der Waals surface area (Å²) in [4.78, 5) is 44.9. The van der Waals surface area contributed by atoms with Gasteiger partial charge in [-0.1, -0.05) is 45.3 Å². The number of ketones is 2. The topological polar surface area (TPSA) is 210 Å². The highest BCUT2D eigenvalue weighted by atomic mass is 16.5. The van der Waals surface area contributed by atoms with Crippen molar-refractivity contribution in [1.29, 1.82) is 0 Å². The van der Waals surface area contributed by atoms with E-state index >= 15 is 4.79 Å². The van der Waals surface area contributed by atoms with Gasteiger partial charge in [-0.3, -0.25) is 14.4 Å². The van der Waals surface area contributed by atoms with E-state index in [9.17, 15) is 40.2 Å². The first-order chi connectivity index (χ1) is 31.7. The van der Waals surface area contributed by atoms with Crippen molar-refractivity contribution in [2.45, 2.75) is 160 Å². The van der Waals surface area contributed by atoms with Crippen LogP contribution in [0.3, 0.4) is 0 Å². The summed E-state index contributed by atoms with van der Waals surface area (Å²) in [6.07, 6.45) is 10.2. The van der Waals surface area contributed by atoms with Gasteiger partial charge in [0.15, 0.2) is 11.6 Å². The predicted molar refractivity (Wildman–Crippen MR) is 249 cm³/mol. The number of aromatic nitrogens is 1. The Morgan fingerprint density at radius 1 is 0.970 bits per heavy atom. The molecule has 67 heavy (non-hydrogen) atoms. The predicted octanol–water partition coefficient (Wildman–Crippen LogP) is 5.37. The first-order valence-corrected chi connectivity index (χ1v) is 25.9. The summed E-state index contributed by atoms with van der Waals surface area (Å²) in [5, 5.41) is 75.7. The average molecular weight is 925 g/mol. The first kappa shape index (κ1) is 47.4. The molecule has 0 spiro atoms. The number of aliphatic hydroxyl groups excluding tert-OH is 4. The molecular formula is C55H76N2O10. The number of Topliss-reactive ketones (excluding diaryl/α,β-unsaturated/α-hetero) is 2. The van der Waals surface area contributed by atoms with E-state index in [0.717, 1.165) is 31.2 Å². The fourth-order valence-electron chi connectivity index (χ4n) is 17.7. The zero-order valence-corrected chi connectivity index (χ0v) is 40.4. The molecule has 12 nitrogen and oxygen atoms in total. The Balaban J connectivity index is 1.13. The number of allylic oxidation sites excluding steroid dienone is 3. The molecule has 12 heteroatoms. The Morgan fingerprint density at radius 2 is 1.75 bits per heavy atom. The minimum absolute atomic E-state index is 0.0225. The van der Waals surface area contributed by atoms with Crippen molar-refractivity contribution < 1.29 is 49.8 Å². The normalized spacial score (nSPS) is 49.7. The third-order valence-corrected chi connectivity index (χ3v) is 20.8. The Hall–Kier alpha value is -3.31. The Bertz CT molecular complexity index is 2260. The Morgan fingerprint density at radius 3 is 2.46 bits per heavy atom. The van der Waals surface area contributed by atoms with Crippen molar-refractivity contribution in [1.82, 2.24) is 10.3 Å². The number of rotatable bonds is 6. The highest BCUT2D eigenvalue weighted by Gasteiger charge is 2.73. The van der Waals surface area contributed by atoms with Crippen LogP contribution in [0.2, 0.25) is 0 Å². The van der Waals surface area contributed by atoms with E-state index in [1.807, 2.05) is 32.3 Å². The third-order valence-electron chi connectivity index (χ3n) is 20.8. The van der Waals surface area contributed by atoms with Crippen LogP contribution in [-0.2, 0) is 19.1 Å². The van der Waals surface area contributed by atoms with Gasteiger partial charge in [-0.15, -0.1) is 5.92 Å². The number of fused-ring (bicyclic) bond motifs is 8. The molecule has 2 heterocycles. The molecule has 8 N–H and O–H groups in total. The molecule has 9 aliphatic rings. The summed E-state index contributed by atoms with van der Waals surface area (Å²) in [6, 6.07) is 0.848. The molecule has 0 aromatic carbocycles. The van der Waals surface area contributed by atoms with Crippen LogP contribution in [0.1, 0.15) is 130 Å². The monoisotopic (exact) mass is 925 g/mol. The van der Waals surface area contributed by atoms with E-state index in [0.29, 0.717) is 42.6 Å². The van der Waals surface area contributed by atoms with Crippen LogP contribution in [0.25, 0.3) is 0 Å². The van der Waals surface area contributed by atoms with Crippen LogP contribution in [-0.4, -0.2) is 102 Å². The summed E-state index contributed by atoms with van der Waals surface area (Å²) < 4.78 is 5.98. The number of carbonyl (C=O) groups is 3. The lowest BCUT2D eigenvalue weighted by Crippen LogP contribution is -2.65. The maximum absolute atomic E-state index is 15.0. The van der Waals surface area contributed by atoms with Crippen molar-refractivity contribution in [3.63, 3.8) is 0 Å². The van der Waals surface area contributed by atoms with Crippen molar-refractivity contribution in [3.8, 4) is 11.8 Å². The molecule has 8 aliphatic carbocycles. The number of H-pyrrole nitrogens is 1. The maximum atomic E-state index is 15.0. The quantitative estimate of drug-likeness (QED) is 0.103. The van der Waals surface area contributed by atoms with Crippen molar-refractivity contribution >= 4 is 17.5 Å². The molecule has 1 saturated heterocycles. The Labute approximate surface area is 396 Å². The molecule has 6 fully saturated rings. The number of hydrogen-bond donors (Lipinski definition) is 8. The molecule has 22 atom stereocenters. The second-order valence-electron chi connectivity index (χ2n) is 24.3. The van der Waals surface area contributed by atoms with Gasteiger partial charge < -0.3 is 45.7 Å². The summed E-state index contributed by atoms with van der Waals surface area (Å²) in [5.41, 5.74) is -2.39. The lowest BCUT2D eigenvalue weighted by molar-refractivity contribution is -0.183. The minimum Gasteiger partial charge on any atom is -0.465 e. The molecule has 0 radical (unpaired) electrons. The van der Waals surface area contributed by atoms with E-state index in [2.05, 4.69) is 42.1 Å². The number of nitrogens with one attached hydrogen (secondary N) is 2. The van der Waals surface area contributed by atoms with Crippen molar-refractivity contribution in [2.24, 2.45) is 87.8 Å². The van der Waals surface area contributed by atoms with E-state index in [4.69, 9.17) is 4.74 Å². The highest BCUT2D eigenvalue weighted by Crippen LogP contribution is 2.71. The van der Waals surface area contributed by atoms with Gasteiger partial charge in [0.1, 0.15) is 6.04 Å². The summed E-state index contributed by atoms with van der Waals surface area (Å²) >= 11 is 0. The van der Waals surface area contributed by atoms with E-state index in [1.165, 1.54) is 13.3 Å². The first-order valence-electron chi connectivity index (χ1n) is 25.9. The Kier molecular flexibility index (Phi) is 12.0. The van der Waals surface area contributed by atoms with E-state index in [-0.39, 0.29) is 91.0 Å². The lowest BCUT2D eigenvalue weighted by atomic mass is 9.45. The smallest absolute Gasteiger partial charge is 0.313 e. The van der Waals surface area contributed by atoms with Crippen LogP contribution in [0.4, 0.5) is 0 Å². The number of aliphatic hydroxyl groups is 6. The maximum Gasteiger partial charge on any atom is 0.313 e. The zero-order chi connectivity index (χ0) is 47.7. The van der Waals surface area contributed by atoms with Gasteiger partial charge in [0.2, 0.25) is 0 Å². The largest absolute Gasteiger partial charge is 0.465 e. The van der Waals surface area contributed by atoms with Crippen molar-refractivity contribution in [2.75, 3.05) is 13.2 Å². The SMILES string of the molecule is CC(=O)[C@H](CO)NC1=C2[C@H](CC[C@]3(C)[C@@H]4[C@@H](CC#C[C@H]([C@H]5COC(=O)[C@@H]5c5cc[nH]c5)[C@H]5CC[C@@H]6C=C7CC[C@@H](C)C[C@H]7[C@H]5[C@@H]6[C@H](C)C[C@@H](O)[C@]4(C)O)C[C@@]23O)[C@@]2(C)C[C@H](O)[C@H](O)C[C@H]2C1=O. The van der Waals surface area contributed by atoms with Crippen LogP contribution in [0.5, 0.6) is 0 Å². The zero-order valence-electron chi connectivity index (χ0n) is 40.4. The number of esters is 1. The number of cyclic esters (lactones) is 1. The molecule has 0 unspecified atom stereocenters. The fourth-order valence-corrected chi connectivity index (χ4v) is 17.7. The molecule has 5 saturated carbocycles. The van der Waals surface area contributed by atoms with Crippen LogP contribution in [0, 0.1) is 99.6 Å². The van der Waals surface area contributed by atoms with Crippen LogP contribution < -0.4 is 5.32 Å². The third kappa shape index (κ3) is 7.15. The number of ether oxygens (including phenoxy) is 1. The number of carbonyl (C=O) groups excluding carboxylic acids is 3.